The summed E-state index contributed by atoms with van der Waals surface area (Å²) in [6, 6.07) is 23.0. The van der Waals surface area contributed by atoms with E-state index in [1.54, 1.807) is 6.08 Å². The highest BCUT2D eigenvalue weighted by molar-refractivity contribution is 6.01. The average Bonchev–Trinajstić information content (AvgIpc) is 2.92. The highest BCUT2D eigenvalue weighted by Gasteiger charge is 2.28. The summed E-state index contributed by atoms with van der Waals surface area (Å²) in [7, 11) is 0. The Kier molecular flexibility index (Phi) is 9.32. The molecule has 41 heavy (non-hydrogen) atoms. The predicted octanol–water partition coefficient (Wildman–Crippen LogP) is 6.09. The molecule has 0 bridgehead atoms. The number of carbonyl (C=O) groups excluding carboxylic acids is 1. The van der Waals surface area contributed by atoms with E-state index in [0.29, 0.717) is 31.3 Å². The highest BCUT2D eigenvalue weighted by atomic mass is 16.5. The number of ether oxygens (including phenoxy) is 1. The zero-order valence-electron chi connectivity index (χ0n) is 23.9. The number of benzene rings is 3. The van der Waals surface area contributed by atoms with Gasteiger partial charge in [-0.15, -0.1) is 0 Å². The van der Waals surface area contributed by atoms with Gasteiger partial charge < -0.3 is 26.1 Å². The summed E-state index contributed by atoms with van der Waals surface area (Å²) in [5.74, 6) is 1.40. The van der Waals surface area contributed by atoms with Gasteiger partial charge in [0.1, 0.15) is 12.4 Å². The third kappa shape index (κ3) is 6.77. The molecule has 0 atom stereocenters. The first-order valence-corrected chi connectivity index (χ1v) is 14.6. The summed E-state index contributed by atoms with van der Waals surface area (Å²) in [5, 5.41) is 11.2. The molecule has 4 N–H and O–H groups in total. The number of anilines is 1. The molecular formula is C35H40N4O2. The third-order valence-corrected chi connectivity index (χ3v) is 8.13. The van der Waals surface area contributed by atoms with E-state index in [-0.39, 0.29) is 5.91 Å². The minimum absolute atomic E-state index is 0.0960. The molecule has 1 saturated heterocycles. The molecule has 6 heteroatoms. The third-order valence-electron chi connectivity index (χ3n) is 8.13. The van der Waals surface area contributed by atoms with Crippen molar-refractivity contribution in [3.8, 4) is 5.75 Å². The van der Waals surface area contributed by atoms with Crippen LogP contribution in [0.2, 0.25) is 0 Å². The number of hydrogen-bond donors (Lipinski definition) is 3. The van der Waals surface area contributed by atoms with Gasteiger partial charge in [-0.25, -0.2) is 0 Å². The Morgan fingerprint density at radius 1 is 1.05 bits per heavy atom. The van der Waals surface area contributed by atoms with E-state index in [4.69, 9.17) is 15.9 Å². The van der Waals surface area contributed by atoms with Gasteiger partial charge in [0.2, 0.25) is 5.91 Å². The fourth-order valence-corrected chi connectivity index (χ4v) is 5.41. The monoisotopic (exact) mass is 548 g/mol. The Labute approximate surface area is 243 Å². The van der Waals surface area contributed by atoms with Crippen molar-refractivity contribution in [1.29, 1.82) is 5.41 Å². The number of nitrogens with one attached hydrogen (secondary N) is 2. The lowest BCUT2D eigenvalue weighted by Gasteiger charge is -2.32. The second-order valence-corrected chi connectivity index (χ2v) is 10.9. The molecule has 3 aromatic rings. The zero-order chi connectivity index (χ0) is 28.6. The molecule has 1 saturated carbocycles. The molecule has 0 spiro atoms. The fraction of sp³-hybridized carbons (Fsp3) is 0.314. The molecule has 1 heterocycles. The smallest absolute Gasteiger partial charge is 0.246 e. The van der Waals surface area contributed by atoms with Crippen molar-refractivity contribution in [3.05, 3.63) is 107 Å². The van der Waals surface area contributed by atoms with Crippen molar-refractivity contribution in [2.24, 2.45) is 5.92 Å². The summed E-state index contributed by atoms with van der Waals surface area (Å²) in [4.78, 5) is 13.7. The van der Waals surface area contributed by atoms with E-state index in [0.717, 1.165) is 42.0 Å². The zero-order valence-corrected chi connectivity index (χ0v) is 23.9. The lowest BCUT2D eigenvalue weighted by molar-refractivity contribution is -0.129. The van der Waals surface area contributed by atoms with Gasteiger partial charge in [0.15, 0.2) is 0 Å². The van der Waals surface area contributed by atoms with Gasteiger partial charge >= 0.3 is 0 Å². The van der Waals surface area contributed by atoms with Gasteiger partial charge in [-0.3, -0.25) is 4.79 Å². The molecule has 5 rings (SSSR count). The standard InChI is InChI=1S/C35H40N4O2/c1-25-7-2-3-10-31(25)35(26-8-4-9-26)34(28-14-17-32(37)29(23-28)24-36)27-12-15-30(16-13-27)41-22-19-38-18-5-11-33(40)39-20-6-21-39/h2-3,5,7,10-17,23-24,26,36,38H,4,6,8-9,18-22,37H2,1H3/b11-5+,35-34+,36-24?. The minimum atomic E-state index is 0.0960. The predicted molar refractivity (Wildman–Crippen MR) is 168 cm³/mol. The largest absolute Gasteiger partial charge is 0.492 e. The second-order valence-electron chi connectivity index (χ2n) is 10.9. The maximum atomic E-state index is 11.9. The van der Waals surface area contributed by atoms with Crippen molar-refractivity contribution >= 4 is 29.0 Å². The van der Waals surface area contributed by atoms with E-state index < -0.39 is 0 Å². The first-order valence-electron chi connectivity index (χ1n) is 14.6. The van der Waals surface area contributed by atoms with Crippen molar-refractivity contribution in [2.45, 2.75) is 32.6 Å². The maximum absolute atomic E-state index is 11.9. The summed E-state index contributed by atoms with van der Waals surface area (Å²) in [5.41, 5.74) is 14.8. The van der Waals surface area contributed by atoms with Crippen LogP contribution < -0.4 is 15.8 Å². The Morgan fingerprint density at radius 3 is 2.46 bits per heavy atom. The quantitative estimate of drug-likeness (QED) is 0.0840. The first kappa shape index (κ1) is 28.4. The number of rotatable bonds is 12. The van der Waals surface area contributed by atoms with Crippen LogP contribution in [0.3, 0.4) is 0 Å². The van der Waals surface area contributed by atoms with Gasteiger partial charge in [0, 0.05) is 49.7 Å². The number of nitrogen functional groups attached to an aromatic ring is 1. The van der Waals surface area contributed by atoms with Crippen LogP contribution in [0.15, 0.2) is 78.9 Å². The number of carbonyl (C=O) groups is 1. The molecule has 3 aromatic carbocycles. The van der Waals surface area contributed by atoms with Crippen LogP contribution in [-0.2, 0) is 4.79 Å². The molecule has 0 aromatic heterocycles. The van der Waals surface area contributed by atoms with E-state index in [1.165, 1.54) is 47.8 Å². The van der Waals surface area contributed by atoms with E-state index in [2.05, 4.69) is 54.7 Å². The number of allylic oxidation sites excluding steroid dienone is 1. The van der Waals surface area contributed by atoms with Crippen molar-refractivity contribution < 1.29 is 9.53 Å². The number of nitrogens with two attached hydrogens (primary N) is 1. The molecule has 1 amide bonds. The van der Waals surface area contributed by atoms with E-state index >= 15 is 0 Å². The topological polar surface area (TPSA) is 91.4 Å². The van der Waals surface area contributed by atoms with Gasteiger partial charge in [0.05, 0.1) is 0 Å². The van der Waals surface area contributed by atoms with Crippen LogP contribution in [0, 0.1) is 18.3 Å². The molecule has 2 aliphatic rings. The molecular weight excluding hydrogens is 508 g/mol. The minimum Gasteiger partial charge on any atom is -0.492 e. The molecule has 0 radical (unpaired) electrons. The van der Waals surface area contributed by atoms with Gasteiger partial charge in [-0.1, -0.05) is 55.0 Å². The van der Waals surface area contributed by atoms with Gasteiger partial charge in [0.25, 0.3) is 0 Å². The van der Waals surface area contributed by atoms with Gasteiger partial charge in [-0.05, 0) is 89.8 Å². The van der Waals surface area contributed by atoms with Crippen molar-refractivity contribution in [1.82, 2.24) is 10.2 Å². The fourth-order valence-electron chi connectivity index (χ4n) is 5.41. The second kappa shape index (κ2) is 13.5. The molecule has 6 nitrogen and oxygen atoms in total. The average molecular weight is 549 g/mol. The normalized spacial score (nSPS) is 15.7. The maximum Gasteiger partial charge on any atom is 0.246 e. The number of hydrogen-bond acceptors (Lipinski definition) is 5. The summed E-state index contributed by atoms with van der Waals surface area (Å²) < 4.78 is 6.01. The van der Waals surface area contributed by atoms with Crippen molar-refractivity contribution in [3.63, 3.8) is 0 Å². The lowest BCUT2D eigenvalue weighted by atomic mass is 9.72. The molecule has 0 unspecified atom stereocenters. The van der Waals surface area contributed by atoms with Crippen LogP contribution in [0.5, 0.6) is 5.75 Å². The molecule has 1 aliphatic heterocycles. The number of likely N-dealkylation sites (tertiary alicyclic amines) is 1. The summed E-state index contributed by atoms with van der Waals surface area (Å²) >= 11 is 0. The SMILES string of the molecule is Cc1ccccc1/C(=C(\c1ccc(OCCNC/C=C/C(=O)N2CCC2)cc1)c1ccc(N)c(C=N)c1)C1CCC1. The Hall–Kier alpha value is -4.16. The number of amides is 1. The van der Waals surface area contributed by atoms with E-state index in [9.17, 15) is 4.79 Å². The van der Waals surface area contributed by atoms with Crippen molar-refractivity contribution in [2.75, 3.05) is 38.5 Å². The number of nitrogens with zero attached hydrogens (tertiary/aromatic N) is 1. The molecule has 2 fully saturated rings. The Bertz CT molecular complexity index is 1430. The van der Waals surface area contributed by atoms with Crippen LogP contribution in [0.1, 0.15) is 53.5 Å². The number of aryl methyl sites for hydroxylation is 1. The first-order chi connectivity index (χ1) is 20.0. The molecule has 1 aliphatic carbocycles. The highest BCUT2D eigenvalue weighted by Crippen LogP contribution is 2.46. The summed E-state index contributed by atoms with van der Waals surface area (Å²) in [6.07, 6.45) is 9.56. The summed E-state index contributed by atoms with van der Waals surface area (Å²) in [6.45, 7) is 5.79. The van der Waals surface area contributed by atoms with Crippen LogP contribution in [-0.4, -0.2) is 49.8 Å². The Balaban J connectivity index is 1.34. The van der Waals surface area contributed by atoms with Gasteiger partial charge in [-0.2, -0.15) is 0 Å². The molecule has 212 valence electrons. The van der Waals surface area contributed by atoms with E-state index in [1.807, 2.05) is 35.2 Å². The lowest BCUT2D eigenvalue weighted by Crippen LogP contribution is -2.41. The van der Waals surface area contributed by atoms with Crippen LogP contribution >= 0.6 is 0 Å². The Morgan fingerprint density at radius 2 is 1.80 bits per heavy atom. The van der Waals surface area contributed by atoms with Crippen LogP contribution in [0.4, 0.5) is 5.69 Å². The van der Waals surface area contributed by atoms with Crippen LogP contribution in [0.25, 0.3) is 11.1 Å².